The van der Waals surface area contributed by atoms with E-state index >= 15 is 0 Å². The second-order valence-electron chi connectivity index (χ2n) is 13.5. The molecule has 1 unspecified atom stereocenters. The third kappa shape index (κ3) is 10.0. The number of rotatable bonds is 17. The quantitative estimate of drug-likeness (QED) is 0.0510. The fourth-order valence-corrected chi connectivity index (χ4v) is 7.64. The van der Waals surface area contributed by atoms with Crippen molar-refractivity contribution in [1.82, 2.24) is 5.32 Å². The van der Waals surface area contributed by atoms with E-state index in [4.69, 9.17) is 14.6 Å². The highest BCUT2D eigenvalue weighted by Gasteiger charge is 2.52. The maximum absolute atomic E-state index is 13.8. The van der Waals surface area contributed by atoms with Gasteiger partial charge in [-0.15, -0.1) is 11.8 Å². The van der Waals surface area contributed by atoms with E-state index in [0.717, 1.165) is 61.2 Å². The Balaban J connectivity index is 1.50. The van der Waals surface area contributed by atoms with E-state index in [1.807, 2.05) is 31.2 Å². The lowest BCUT2D eigenvalue weighted by molar-refractivity contribution is -0.161. The van der Waals surface area contributed by atoms with Crippen LogP contribution in [0.25, 0.3) is 0 Å². The molecule has 3 aliphatic rings. The molecule has 47 heavy (non-hydrogen) atoms. The zero-order chi connectivity index (χ0) is 33.8. The van der Waals surface area contributed by atoms with Gasteiger partial charge in [-0.3, -0.25) is 14.4 Å². The van der Waals surface area contributed by atoms with E-state index in [2.05, 4.69) is 29.8 Å². The van der Waals surface area contributed by atoms with Crippen LogP contribution >= 0.6 is 12.6 Å². The molecule has 0 aromatic heterocycles. The second-order valence-corrected chi connectivity index (χ2v) is 13.9. The van der Waals surface area contributed by atoms with Gasteiger partial charge in [0, 0.05) is 43.2 Å². The largest absolute Gasteiger partial charge is 0.489 e. The molecule has 258 valence electrons. The Morgan fingerprint density at radius 3 is 2.64 bits per heavy atom. The van der Waals surface area contributed by atoms with Crippen molar-refractivity contribution in [3.63, 3.8) is 0 Å². The van der Waals surface area contributed by atoms with Gasteiger partial charge in [-0.05, 0) is 62.7 Å². The number of aryl methyl sites for hydroxylation is 1. The van der Waals surface area contributed by atoms with Crippen LogP contribution in [0.5, 0.6) is 5.75 Å². The van der Waals surface area contributed by atoms with Gasteiger partial charge in [0.05, 0.1) is 17.9 Å². The summed E-state index contributed by atoms with van der Waals surface area (Å²) in [6.07, 6.45) is 11.9. The van der Waals surface area contributed by atoms with E-state index in [-0.39, 0.29) is 42.2 Å². The summed E-state index contributed by atoms with van der Waals surface area (Å²) in [5.41, 5.74) is 2.01. The Labute approximate surface area is 285 Å². The number of aliphatic hydroxyl groups is 1. The molecule has 0 bridgehead atoms. The summed E-state index contributed by atoms with van der Waals surface area (Å²) in [5, 5.41) is 23.1. The van der Waals surface area contributed by atoms with E-state index in [1.54, 1.807) is 13.0 Å². The zero-order valence-corrected chi connectivity index (χ0v) is 28.9. The Bertz CT molecular complexity index is 1300. The number of benzene rings is 1. The van der Waals surface area contributed by atoms with Crippen molar-refractivity contribution in [2.75, 3.05) is 12.3 Å². The minimum Gasteiger partial charge on any atom is -0.489 e. The molecule has 1 aromatic carbocycles. The van der Waals surface area contributed by atoms with Gasteiger partial charge in [0.1, 0.15) is 18.0 Å². The third-order valence-corrected chi connectivity index (χ3v) is 10.4. The summed E-state index contributed by atoms with van der Waals surface area (Å²) in [7, 11) is 0. The van der Waals surface area contributed by atoms with Crippen LogP contribution in [-0.2, 0) is 25.5 Å². The van der Waals surface area contributed by atoms with Crippen molar-refractivity contribution in [1.29, 1.82) is 0 Å². The van der Waals surface area contributed by atoms with Crippen LogP contribution in [0.1, 0.15) is 108 Å². The minimum atomic E-state index is -0.819. The fraction of sp³-hybridized carbons (Fsp3) is 0.658. The second kappa shape index (κ2) is 18.5. The van der Waals surface area contributed by atoms with E-state index in [1.165, 1.54) is 0 Å². The standard InChI is InChI=1S/C38H53NO7S/c1-3-4-13-25(2)31(40)21-20-29-32(24-33-35(29)30-18-11-14-26(36(30)45-33)15-12-19-34(41)42)46-38(44)28-17-8-7-16-27(28)37(43)39-22-9-5-6-10-23-47/h11,14,18,20-21,25,27-29,31-33,35,40,47H,5-10,12-13,15-17,19,22-24H2,1-2H3,(H,39,43)(H,41,42)/b21-20+/t25-,27+,28-,29-,31+,32?,33-,35-/m0/s1. The van der Waals surface area contributed by atoms with Crippen molar-refractivity contribution in [3.05, 3.63) is 41.5 Å². The molecule has 1 aliphatic heterocycles. The Morgan fingerprint density at radius 2 is 1.89 bits per heavy atom. The summed E-state index contributed by atoms with van der Waals surface area (Å²) in [6.45, 7) is 4.36. The number of carboxylic acid groups (broad SMARTS) is 1. The van der Waals surface area contributed by atoms with E-state index < -0.39 is 30.0 Å². The van der Waals surface area contributed by atoms with Gasteiger partial charge in [-0.2, -0.15) is 12.6 Å². The number of aliphatic carboxylic acids is 1. The van der Waals surface area contributed by atoms with Crippen LogP contribution in [0, 0.1) is 35.5 Å². The lowest BCUT2D eigenvalue weighted by Gasteiger charge is -2.31. The number of nitrogens with one attached hydrogen (secondary N) is 1. The third-order valence-electron chi connectivity index (χ3n) is 10.1. The minimum absolute atomic E-state index is 0.0550. The van der Waals surface area contributed by atoms with Crippen molar-refractivity contribution in [2.45, 2.75) is 122 Å². The lowest BCUT2D eigenvalue weighted by Crippen LogP contribution is -2.41. The number of hydrogen-bond acceptors (Lipinski definition) is 7. The van der Waals surface area contributed by atoms with Gasteiger partial charge in [-0.1, -0.05) is 63.0 Å². The first-order valence-corrected chi connectivity index (χ1v) is 18.2. The summed E-state index contributed by atoms with van der Waals surface area (Å²) < 4.78 is 12.8. The Hall–Kier alpha value is -2.96. The molecule has 2 fully saturated rings. The van der Waals surface area contributed by atoms with Gasteiger partial charge in [0.2, 0.25) is 5.91 Å². The molecule has 2 saturated carbocycles. The number of esters is 1. The molecule has 1 heterocycles. The summed E-state index contributed by atoms with van der Waals surface area (Å²) >= 11 is 4.26. The predicted molar refractivity (Wildman–Crippen MR) is 185 cm³/mol. The first-order chi connectivity index (χ1) is 22.7. The number of thiol groups is 1. The van der Waals surface area contributed by atoms with Crippen molar-refractivity contribution >= 4 is 30.5 Å². The summed E-state index contributed by atoms with van der Waals surface area (Å²) in [5.74, 6) is 5.17. The molecule has 0 spiro atoms. The summed E-state index contributed by atoms with van der Waals surface area (Å²) in [6, 6.07) is 6.01. The molecule has 0 radical (unpaired) electrons. The highest BCUT2D eigenvalue weighted by Crippen LogP contribution is 2.53. The highest BCUT2D eigenvalue weighted by atomic mass is 32.1. The molecule has 8 nitrogen and oxygen atoms in total. The number of fused-ring (bicyclic) bond motifs is 3. The predicted octanol–water partition coefficient (Wildman–Crippen LogP) is 6.25. The average Bonchev–Trinajstić information content (AvgIpc) is 3.59. The monoisotopic (exact) mass is 667 g/mol. The molecule has 3 N–H and O–H groups in total. The van der Waals surface area contributed by atoms with Gasteiger partial charge in [0.25, 0.3) is 0 Å². The van der Waals surface area contributed by atoms with Crippen LogP contribution in [0.3, 0.4) is 0 Å². The topological polar surface area (TPSA) is 122 Å². The Kier molecular flexibility index (Phi) is 14.5. The molecular weight excluding hydrogens is 614 g/mol. The van der Waals surface area contributed by atoms with Crippen molar-refractivity contribution in [2.24, 2.45) is 23.7 Å². The zero-order valence-electron chi connectivity index (χ0n) is 28.0. The van der Waals surface area contributed by atoms with Crippen LogP contribution in [-0.4, -0.2) is 58.7 Å². The molecule has 1 aromatic rings. The molecule has 0 saturated heterocycles. The normalized spacial score (nSPS) is 26.0. The molecule has 2 aliphatic carbocycles. The number of hydrogen-bond donors (Lipinski definition) is 4. The molecular formula is C38H53NO7S. The number of para-hydroxylation sites is 1. The van der Waals surface area contributed by atoms with Gasteiger partial charge < -0.3 is 25.0 Å². The SMILES string of the molecule is CC#CC[C@H](C)[C@H](O)/C=C/[C@H]1C(OC(=O)[C@H]2CCCC[C@H]2C(=O)NCCCCCCS)C[C@@H]2Oc3c(CCCC(=O)O)cccc3[C@@H]21. The first-order valence-electron chi connectivity index (χ1n) is 17.6. The number of aliphatic hydroxyl groups excluding tert-OH is 1. The first kappa shape index (κ1) is 36.9. The molecule has 8 atom stereocenters. The van der Waals surface area contributed by atoms with Gasteiger partial charge in [-0.25, -0.2) is 0 Å². The number of unbranched alkanes of at least 4 members (excludes halogenated alkanes) is 3. The van der Waals surface area contributed by atoms with Crippen molar-refractivity contribution < 1.29 is 34.1 Å². The maximum atomic E-state index is 13.8. The fourth-order valence-electron chi connectivity index (χ4n) is 7.41. The van der Waals surface area contributed by atoms with Crippen LogP contribution in [0.2, 0.25) is 0 Å². The van der Waals surface area contributed by atoms with Crippen LogP contribution in [0.4, 0.5) is 0 Å². The van der Waals surface area contributed by atoms with Gasteiger partial charge >= 0.3 is 11.9 Å². The van der Waals surface area contributed by atoms with Crippen LogP contribution in [0.15, 0.2) is 30.4 Å². The average molecular weight is 668 g/mol. The smallest absolute Gasteiger partial charge is 0.310 e. The molecule has 4 rings (SSSR count). The highest BCUT2D eigenvalue weighted by molar-refractivity contribution is 7.80. The molecule has 1 amide bonds. The number of amides is 1. The number of carbonyl (C=O) groups excluding carboxylic acids is 2. The maximum Gasteiger partial charge on any atom is 0.310 e. The van der Waals surface area contributed by atoms with E-state index in [0.29, 0.717) is 45.1 Å². The number of ether oxygens (including phenoxy) is 2. The number of carbonyl (C=O) groups is 3. The van der Waals surface area contributed by atoms with Crippen LogP contribution < -0.4 is 10.1 Å². The van der Waals surface area contributed by atoms with Crippen molar-refractivity contribution in [3.8, 4) is 17.6 Å². The van der Waals surface area contributed by atoms with E-state index in [9.17, 15) is 19.5 Å². The summed E-state index contributed by atoms with van der Waals surface area (Å²) in [4.78, 5) is 38.2. The lowest BCUT2D eigenvalue weighted by atomic mass is 9.78. The van der Waals surface area contributed by atoms with Gasteiger partial charge in [0.15, 0.2) is 0 Å². The molecule has 9 heteroatoms. The Morgan fingerprint density at radius 1 is 1.13 bits per heavy atom. The number of carboxylic acids is 1.